The maximum Gasteiger partial charge on any atom is 0.313 e. The third kappa shape index (κ3) is 3.58. The molecule has 0 saturated carbocycles. The Balaban J connectivity index is 1.96. The molecule has 0 radical (unpaired) electrons. The van der Waals surface area contributed by atoms with Crippen LogP contribution in [-0.4, -0.2) is 5.97 Å². The molecule has 98 valence electrons. The molecule has 0 spiro atoms. The number of hydrogen-bond donors (Lipinski definition) is 1. The molecule has 3 heteroatoms. The minimum Gasteiger partial charge on any atom is -0.460 e. The predicted molar refractivity (Wildman–Crippen MR) is 75.5 cm³/mol. The number of carbonyl (C=O) groups is 1. The van der Waals surface area contributed by atoms with Crippen LogP contribution < -0.4 is 5.73 Å². The Morgan fingerprint density at radius 1 is 1.16 bits per heavy atom. The van der Waals surface area contributed by atoms with Gasteiger partial charge in [-0.2, -0.15) is 0 Å². The number of rotatable bonds is 4. The van der Waals surface area contributed by atoms with Gasteiger partial charge in [0.2, 0.25) is 0 Å². The fraction of sp³-hybridized carbons (Fsp3) is 0.188. The quantitative estimate of drug-likeness (QED) is 0.674. The van der Waals surface area contributed by atoms with Crippen LogP contribution in [0.2, 0.25) is 0 Å². The third-order valence-electron chi connectivity index (χ3n) is 2.99. The number of ether oxygens (including phenoxy) is 1. The van der Waals surface area contributed by atoms with Gasteiger partial charge in [0.25, 0.3) is 0 Å². The third-order valence-corrected chi connectivity index (χ3v) is 2.99. The molecule has 0 amide bonds. The second kappa shape index (κ2) is 6.05. The van der Waals surface area contributed by atoms with Gasteiger partial charge in [-0.25, -0.2) is 0 Å². The number of carbonyl (C=O) groups excluding carboxylic acids is 1. The minimum absolute atomic E-state index is 0.241. The maximum atomic E-state index is 12.0. The lowest BCUT2D eigenvalue weighted by atomic mass is 10.0. The number of nitrogens with two attached hydrogens (primary N) is 1. The molecule has 0 aliphatic rings. The van der Waals surface area contributed by atoms with E-state index in [1.165, 1.54) is 0 Å². The van der Waals surface area contributed by atoms with E-state index in [1.807, 2.05) is 49.4 Å². The Morgan fingerprint density at radius 2 is 1.89 bits per heavy atom. The Bertz CT molecular complexity index is 552. The number of benzene rings is 2. The summed E-state index contributed by atoms with van der Waals surface area (Å²) in [7, 11) is 0. The van der Waals surface area contributed by atoms with Crippen LogP contribution >= 0.6 is 0 Å². The summed E-state index contributed by atoms with van der Waals surface area (Å²) in [6.07, 6.45) is 0. The van der Waals surface area contributed by atoms with Crippen LogP contribution in [0.5, 0.6) is 0 Å². The molecule has 2 aromatic rings. The maximum absolute atomic E-state index is 12.0. The molecule has 0 bridgehead atoms. The first kappa shape index (κ1) is 13.1. The molecule has 0 fully saturated rings. The molecule has 0 heterocycles. The number of esters is 1. The molecule has 0 unspecified atom stereocenters. The summed E-state index contributed by atoms with van der Waals surface area (Å²) in [4.78, 5) is 12.0. The highest BCUT2D eigenvalue weighted by atomic mass is 16.5. The van der Waals surface area contributed by atoms with Gasteiger partial charge in [0.1, 0.15) is 6.61 Å². The van der Waals surface area contributed by atoms with Gasteiger partial charge in [0.15, 0.2) is 0 Å². The number of hydrogen-bond acceptors (Lipinski definition) is 3. The zero-order chi connectivity index (χ0) is 13.7. The highest BCUT2D eigenvalue weighted by Gasteiger charge is 2.16. The molecule has 19 heavy (non-hydrogen) atoms. The second-order valence-electron chi connectivity index (χ2n) is 4.49. The molecular formula is C16H17NO2. The summed E-state index contributed by atoms with van der Waals surface area (Å²) in [6, 6.07) is 16.9. The highest BCUT2D eigenvalue weighted by molar-refractivity contribution is 5.78. The molecule has 2 aromatic carbocycles. The Hall–Kier alpha value is -2.29. The van der Waals surface area contributed by atoms with Crippen LogP contribution in [0.4, 0.5) is 5.69 Å². The molecule has 0 saturated heterocycles. The average Bonchev–Trinajstić information content (AvgIpc) is 2.45. The second-order valence-corrected chi connectivity index (χ2v) is 4.49. The normalized spacial score (nSPS) is 11.8. The van der Waals surface area contributed by atoms with Gasteiger partial charge in [-0.3, -0.25) is 4.79 Å². The summed E-state index contributed by atoms with van der Waals surface area (Å²) in [6.45, 7) is 2.12. The van der Waals surface area contributed by atoms with E-state index in [9.17, 15) is 4.79 Å². The Labute approximate surface area is 113 Å². The van der Waals surface area contributed by atoms with Crippen molar-refractivity contribution in [2.24, 2.45) is 0 Å². The first-order valence-electron chi connectivity index (χ1n) is 6.23. The van der Waals surface area contributed by atoms with Gasteiger partial charge in [-0.05, 0) is 30.2 Å². The van der Waals surface area contributed by atoms with Gasteiger partial charge >= 0.3 is 5.97 Å². The highest BCUT2D eigenvalue weighted by Crippen LogP contribution is 2.19. The van der Waals surface area contributed by atoms with E-state index in [4.69, 9.17) is 10.5 Å². The topological polar surface area (TPSA) is 52.3 Å². The van der Waals surface area contributed by atoms with Crippen molar-refractivity contribution in [2.45, 2.75) is 19.4 Å². The monoisotopic (exact) mass is 255 g/mol. The molecule has 2 rings (SSSR count). The first-order chi connectivity index (χ1) is 9.16. The van der Waals surface area contributed by atoms with Crippen molar-refractivity contribution in [2.75, 3.05) is 5.73 Å². The zero-order valence-electron chi connectivity index (χ0n) is 10.9. The lowest BCUT2D eigenvalue weighted by Gasteiger charge is -2.12. The molecule has 1 atom stereocenters. The van der Waals surface area contributed by atoms with E-state index >= 15 is 0 Å². The SMILES string of the molecule is C[C@@H](C(=O)OCc1ccccc1)c1cccc(N)c1. The van der Waals surface area contributed by atoms with Crippen LogP contribution in [-0.2, 0) is 16.1 Å². The molecule has 0 aliphatic carbocycles. The average molecular weight is 255 g/mol. The number of nitrogen functional groups attached to an aromatic ring is 1. The van der Waals surface area contributed by atoms with Crippen molar-refractivity contribution in [1.82, 2.24) is 0 Å². The largest absolute Gasteiger partial charge is 0.460 e. The van der Waals surface area contributed by atoms with Gasteiger partial charge in [-0.15, -0.1) is 0 Å². The van der Waals surface area contributed by atoms with Crippen LogP contribution in [0.15, 0.2) is 54.6 Å². The van der Waals surface area contributed by atoms with Crippen molar-refractivity contribution in [3.8, 4) is 0 Å². The predicted octanol–water partition coefficient (Wildman–Crippen LogP) is 3.12. The van der Waals surface area contributed by atoms with Crippen molar-refractivity contribution in [1.29, 1.82) is 0 Å². The van der Waals surface area contributed by atoms with E-state index in [0.717, 1.165) is 11.1 Å². The van der Waals surface area contributed by atoms with Crippen molar-refractivity contribution in [3.63, 3.8) is 0 Å². The first-order valence-corrected chi connectivity index (χ1v) is 6.23. The van der Waals surface area contributed by atoms with Crippen LogP contribution in [0, 0.1) is 0 Å². The Kier molecular flexibility index (Phi) is 4.18. The van der Waals surface area contributed by atoms with Crippen molar-refractivity contribution in [3.05, 3.63) is 65.7 Å². The van der Waals surface area contributed by atoms with Gasteiger partial charge in [0, 0.05) is 5.69 Å². The fourth-order valence-electron chi connectivity index (χ4n) is 1.82. The van der Waals surface area contributed by atoms with E-state index in [1.54, 1.807) is 12.1 Å². The lowest BCUT2D eigenvalue weighted by Crippen LogP contribution is -2.13. The fourth-order valence-corrected chi connectivity index (χ4v) is 1.82. The van der Waals surface area contributed by atoms with E-state index < -0.39 is 0 Å². The zero-order valence-corrected chi connectivity index (χ0v) is 10.9. The van der Waals surface area contributed by atoms with Gasteiger partial charge in [0.05, 0.1) is 5.92 Å². The van der Waals surface area contributed by atoms with Gasteiger partial charge < -0.3 is 10.5 Å². The summed E-state index contributed by atoms with van der Waals surface area (Å²) < 4.78 is 5.30. The van der Waals surface area contributed by atoms with Gasteiger partial charge in [-0.1, -0.05) is 42.5 Å². The lowest BCUT2D eigenvalue weighted by molar-refractivity contribution is -0.146. The number of anilines is 1. The summed E-state index contributed by atoms with van der Waals surface area (Å²) in [5.74, 6) is -0.554. The summed E-state index contributed by atoms with van der Waals surface area (Å²) in [5, 5.41) is 0. The minimum atomic E-state index is -0.313. The van der Waals surface area contributed by atoms with E-state index in [2.05, 4.69) is 0 Å². The molecule has 2 N–H and O–H groups in total. The van der Waals surface area contributed by atoms with E-state index in [0.29, 0.717) is 12.3 Å². The van der Waals surface area contributed by atoms with Crippen molar-refractivity contribution < 1.29 is 9.53 Å². The summed E-state index contributed by atoms with van der Waals surface area (Å²) in [5.41, 5.74) is 8.22. The summed E-state index contributed by atoms with van der Waals surface area (Å²) >= 11 is 0. The standard InChI is InChI=1S/C16H17NO2/c1-12(14-8-5-9-15(17)10-14)16(18)19-11-13-6-3-2-4-7-13/h2-10,12H,11,17H2,1H3/t12-/m1/s1. The van der Waals surface area contributed by atoms with Crippen molar-refractivity contribution >= 4 is 11.7 Å². The molecule has 0 aromatic heterocycles. The van der Waals surface area contributed by atoms with Crippen LogP contribution in [0.3, 0.4) is 0 Å². The van der Waals surface area contributed by atoms with Crippen LogP contribution in [0.1, 0.15) is 24.0 Å². The molecule has 0 aliphatic heterocycles. The van der Waals surface area contributed by atoms with Crippen LogP contribution in [0.25, 0.3) is 0 Å². The molecule has 3 nitrogen and oxygen atoms in total. The smallest absolute Gasteiger partial charge is 0.313 e. The molecular weight excluding hydrogens is 238 g/mol. The van der Waals surface area contributed by atoms with E-state index in [-0.39, 0.29) is 11.9 Å². The Morgan fingerprint density at radius 3 is 2.58 bits per heavy atom.